The topological polar surface area (TPSA) is 57.3 Å². The number of nitrogens with zero attached hydrogens (tertiary/aromatic N) is 2. The molecule has 1 aliphatic rings. The van der Waals surface area contributed by atoms with Crippen molar-refractivity contribution in [3.63, 3.8) is 0 Å². The van der Waals surface area contributed by atoms with Gasteiger partial charge in [-0.25, -0.2) is 0 Å². The monoisotopic (exact) mass is 500 g/mol. The molecule has 0 radical (unpaired) electrons. The van der Waals surface area contributed by atoms with Crippen molar-refractivity contribution in [3.8, 4) is 0 Å². The number of carbonyl (C=O) groups excluding carboxylic acids is 1. The van der Waals surface area contributed by atoms with Crippen molar-refractivity contribution in [2.24, 2.45) is 0 Å². The zero-order valence-electron chi connectivity index (χ0n) is 16.3. The molecule has 2 N–H and O–H groups in total. The van der Waals surface area contributed by atoms with Crippen molar-refractivity contribution in [2.45, 2.75) is 25.4 Å². The van der Waals surface area contributed by atoms with Gasteiger partial charge in [0.05, 0.1) is 17.8 Å². The molecule has 0 aliphatic carbocycles. The molecule has 0 spiro atoms. The summed E-state index contributed by atoms with van der Waals surface area (Å²) in [6.07, 6.45) is 2.13. The standard InChI is InChI=1S/C22H21BrN4OS2/c1-14-5-7-16(8-6-14)25-19(28)9-11-27-21(18-12-15(23)13-30-18)20(26-22(27)29)17-4-2-3-10-24-17/h2-8,10,12-13,20-21H,9,11H2,1H3,(H,25,28)(H,26,29)/t20-,21-/m1/s1. The molecular formula is C22H21BrN4OS2. The molecule has 2 atom stereocenters. The summed E-state index contributed by atoms with van der Waals surface area (Å²) in [5.41, 5.74) is 2.89. The van der Waals surface area contributed by atoms with Crippen molar-refractivity contribution in [1.82, 2.24) is 15.2 Å². The average Bonchev–Trinajstić information content (AvgIpc) is 3.31. The molecule has 2 aromatic heterocycles. The molecule has 5 nitrogen and oxygen atoms in total. The van der Waals surface area contributed by atoms with E-state index in [1.54, 1.807) is 17.5 Å². The molecule has 0 saturated carbocycles. The first-order valence-corrected chi connectivity index (χ1v) is 11.7. The van der Waals surface area contributed by atoms with E-state index in [9.17, 15) is 4.79 Å². The molecule has 1 amide bonds. The minimum atomic E-state index is -0.0654. The molecule has 30 heavy (non-hydrogen) atoms. The average molecular weight is 501 g/mol. The first-order chi connectivity index (χ1) is 14.5. The van der Waals surface area contributed by atoms with Crippen LogP contribution in [0.4, 0.5) is 5.69 Å². The Kier molecular flexibility index (Phi) is 6.46. The van der Waals surface area contributed by atoms with Gasteiger partial charge in [0.25, 0.3) is 0 Å². The smallest absolute Gasteiger partial charge is 0.226 e. The van der Waals surface area contributed by atoms with Crippen LogP contribution in [0.15, 0.2) is 64.6 Å². The van der Waals surface area contributed by atoms with Gasteiger partial charge in [-0.2, -0.15) is 0 Å². The molecule has 3 aromatic rings. The summed E-state index contributed by atoms with van der Waals surface area (Å²) in [5, 5.41) is 9.08. The van der Waals surface area contributed by atoms with E-state index < -0.39 is 0 Å². The van der Waals surface area contributed by atoms with E-state index in [1.807, 2.05) is 49.4 Å². The number of hydrogen-bond donors (Lipinski definition) is 2. The number of thiocarbonyl (C=S) groups is 1. The SMILES string of the molecule is Cc1ccc(NC(=O)CCN2C(=S)N[C@H](c3ccccn3)[C@H]2c2cc(Br)cs2)cc1. The maximum atomic E-state index is 12.5. The highest BCUT2D eigenvalue weighted by atomic mass is 79.9. The van der Waals surface area contributed by atoms with E-state index in [0.29, 0.717) is 18.1 Å². The van der Waals surface area contributed by atoms with Crippen LogP contribution in [0.25, 0.3) is 0 Å². The van der Waals surface area contributed by atoms with Crippen molar-refractivity contribution < 1.29 is 4.79 Å². The fourth-order valence-corrected chi connectivity index (χ4v) is 5.45. The Balaban J connectivity index is 1.51. The molecule has 1 aliphatic heterocycles. The summed E-state index contributed by atoms with van der Waals surface area (Å²) in [4.78, 5) is 20.3. The zero-order valence-corrected chi connectivity index (χ0v) is 19.6. The third-order valence-corrected chi connectivity index (χ3v) is 7.11. The van der Waals surface area contributed by atoms with Gasteiger partial charge in [-0.3, -0.25) is 9.78 Å². The van der Waals surface area contributed by atoms with Gasteiger partial charge in [0.15, 0.2) is 5.11 Å². The van der Waals surface area contributed by atoms with Crippen LogP contribution in [0, 0.1) is 6.92 Å². The molecule has 0 unspecified atom stereocenters. The first-order valence-electron chi connectivity index (χ1n) is 9.60. The molecule has 1 aromatic carbocycles. The number of pyridine rings is 1. The second-order valence-corrected chi connectivity index (χ2v) is 9.40. The predicted octanol–water partition coefficient (Wildman–Crippen LogP) is 5.22. The number of benzene rings is 1. The van der Waals surface area contributed by atoms with Gasteiger partial charge in [-0.15, -0.1) is 11.3 Å². The number of aryl methyl sites for hydroxylation is 1. The lowest BCUT2D eigenvalue weighted by Crippen LogP contribution is -2.32. The Labute approximate surface area is 193 Å². The van der Waals surface area contributed by atoms with Crippen LogP contribution in [0.3, 0.4) is 0 Å². The van der Waals surface area contributed by atoms with Gasteiger partial charge in [0, 0.05) is 39.6 Å². The van der Waals surface area contributed by atoms with Gasteiger partial charge >= 0.3 is 0 Å². The molecular weight excluding hydrogens is 480 g/mol. The number of halogens is 1. The summed E-state index contributed by atoms with van der Waals surface area (Å²) < 4.78 is 1.04. The van der Waals surface area contributed by atoms with Crippen molar-refractivity contribution in [1.29, 1.82) is 0 Å². The lowest BCUT2D eigenvalue weighted by molar-refractivity contribution is -0.116. The number of thiophene rings is 1. The number of amides is 1. The molecule has 8 heteroatoms. The van der Waals surface area contributed by atoms with Crippen LogP contribution < -0.4 is 10.6 Å². The summed E-state index contributed by atoms with van der Waals surface area (Å²) in [6.45, 7) is 2.54. The third kappa shape index (κ3) is 4.71. The van der Waals surface area contributed by atoms with Crippen LogP contribution in [0.2, 0.25) is 0 Å². The lowest BCUT2D eigenvalue weighted by atomic mass is 10.0. The molecule has 1 fully saturated rings. The van der Waals surface area contributed by atoms with Crippen molar-refractivity contribution >= 4 is 56.2 Å². The minimum absolute atomic E-state index is 0.0177. The second-order valence-electron chi connectivity index (χ2n) is 7.15. The van der Waals surface area contributed by atoms with E-state index in [1.165, 1.54) is 4.88 Å². The van der Waals surface area contributed by atoms with E-state index in [0.717, 1.165) is 21.4 Å². The highest BCUT2D eigenvalue weighted by Gasteiger charge is 2.40. The normalized spacial score (nSPS) is 18.3. The Bertz CT molecular complexity index is 1040. The highest BCUT2D eigenvalue weighted by molar-refractivity contribution is 9.10. The number of hydrogen-bond acceptors (Lipinski definition) is 4. The number of nitrogens with one attached hydrogen (secondary N) is 2. The van der Waals surface area contributed by atoms with Crippen LogP contribution in [-0.4, -0.2) is 27.4 Å². The maximum Gasteiger partial charge on any atom is 0.226 e. The number of carbonyl (C=O) groups is 1. The summed E-state index contributed by atoms with van der Waals surface area (Å²) in [6, 6.07) is 15.7. The van der Waals surface area contributed by atoms with E-state index in [2.05, 4.69) is 47.9 Å². The summed E-state index contributed by atoms with van der Waals surface area (Å²) >= 11 is 10.9. The quantitative estimate of drug-likeness (QED) is 0.454. The minimum Gasteiger partial charge on any atom is -0.352 e. The Hall–Kier alpha value is -2.29. The molecule has 3 heterocycles. The summed E-state index contributed by atoms with van der Waals surface area (Å²) in [5.74, 6) is -0.0333. The van der Waals surface area contributed by atoms with Gasteiger partial charge in [-0.1, -0.05) is 23.8 Å². The largest absolute Gasteiger partial charge is 0.352 e. The Morgan fingerprint density at radius 2 is 2.10 bits per heavy atom. The summed E-state index contributed by atoms with van der Waals surface area (Å²) in [7, 11) is 0. The molecule has 154 valence electrons. The Morgan fingerprint density at radius 3 is 2.77 bits per heavy atom. The lowest BCUT2D eigenvalue weighted by Gasteiger charge is -2.26. The molecule has 1 saturated heterocycles. The first kappa shape index (κ1) is 21.0. The van der Waals surface area contributed by atoms with Crippen LogP contribution >= 0.6 is 39.5 Å². The third-order valence-electron chi connectivity index (χ3n) is 4.99. The van der Waals surface area contributed by atoms with Gasteiger partial charge in [-0.05, 0) is 65.4 Å². The fraction of sp³-hybridized carbons (Fsp3) is 0.227. The van der Waals surface area contributed by atoms with Gasteiger partial charge < -0.3 is 15.5 Å². The zero-order chi connectivity index (χ0) is 21.1. The van der Waals surface area contributed by atoms with Crippen molar-refractivity contribution in [3.05, 3.63) is 80.7 Å². The van der Waals surface area contributed by atoms with Crippen LogP contribution in [-0.2, 0) is 4.79 Å². The van der Waals surface area contributed by atoms with E-state index >= 15 is 0 Å². The number of rotatable bonds is 6. The second kappa shape index (κ2) is 9.24. The molecule has 4 rings (SSSR count). The number of anilines is 1. The van der Waals surface area contributed by atoms with E-state index in [4.69, 9.17) is 12.2 Å². The predicted molar refractivity (Wildman–Crippen MR) is 129 cm³/mol. The highest BCUT2D eigenvalue weighted by Crippen LogP contribution is 2.41. The molecule has 0 bridgehead atoms. The van der Waals surface area contributed by atoms with Crippen LogP contribution in [0.1, 0.15) is 34.6 Å². The van der Waals surface area contributed by atoms with Gasteiger partial charge in [0.2, 0.25) is 5.91 Å². The fourth-order valence-electron chi connectivity index (χ4n) is 3.52. The van der Waals surface area contributed by atoms with Crippen LogP contribution in [0.5, 0.6) is 0 Å². The van der Waals surface area contributed by atoms with Crippen molar-refractivity contribution in [2.75, 3.05) is 11.9 Å². The van der Waals surface area contributed by atoms with Gasteiger partial charge in [0.1, 0.15) is 0 Å². The Morgan fingerprint density at radius 1 is 1.30 bits per heavy atom. The van der Waals surface area contributed by atoms with E-state index in [-0.39, 0.29) is 18.0 Å². The number of aromatic nitrogens is 1. The maximum absolute atomic E-state index is 12.5.